The highest BCUT2D eigenvalue weighted by Gasteiger charge is 2.27. The van der Waals surface area contributed by atoms with Crippen LogP contribution >= 0.6 is 0 Å². The lowest BCUT2D eigenvalue weighted by Gasteiger charge is -2.24. The molecule has 3 nitrogen and oxygen atoms in total. The van der Waals surface area contributed by atoms with Crippen molar-refractivity contribution in [1.82, 2.24) is 0 Å². The first-order valence-corrected chi connectivity index (χ1v) is 8.31. The van der Waals surface area contributed by atoms with Crippen LogP contribution in [0, 0.1) is 6.92 Å². The molecule has 0 heterocycles. The van der Waals surface area contributed by atoms with Crippen molar-refractivity contribution in [3.05, 3.63) is 42.0 Å². The van der Waals surface area contributed by atoms with Gasteiger partial charge >= 0.3 is 0 Å². The van der Waals surface area contributed by atoms with Crippen molar-refractivity contribution in [1.29, 1.82) is 0 Å². The molecule has 0 N–H and O–H groups in total. The Balaban J connectivity index is 2.71. The van der Waals surface area contributed by atoms with Crippen molar-refractivity contribution in [2.45, 2.75) is 57.5 Å². The van der Waals surface area contributed by atoms with Gasteiger partial charge in [-0.3, -0.25) is 4.18 Å². The third kappa shape index (κ3) is 5.47. The van der Waals surface area contributed by atoms with Crippen molar-refractivity contribution < 1.29 is 12.6 Å². The Morgan fingerprint density at radius 2 is 1.80 bits per heavy atom. The molecule has 112 valence electrons. The van der Waals surface area contributed by atoms with E-state index in [1.807, 2.05) is 33.8 Å². The summed E-state index contributed by atoms with van der Waals surface area (Å²) in [6.07, 6.45) is 6.61. The minimum absolute atomic E-state index is 0.213. The van der Waals surface area contributed by atoms with Gasteiger partial charge in [0.05, 0.1) is 10.5 Å². The molecule has 1 aromatic carbocycles. The van der Waals surface area contributed by atoms with Gasteiger partial charge in [-0.15, -0.1) is 0 Å². The van der Waals surface area contributed by atoms with E-state index in [0.717, 1.165) is 18.4 Å². The Bertz CT molecular complexity index is 540. The SMILES string of the molecule is C/C=C/CCCC(C)(C)OS(=O)(=O)c1ccc(C)cc1. The summed E-state index contributed by atoms with van der Waals surface area (Å²) in [6, 6.07) is 6.71. The maximum atomic E-state index is 12.2. The van der Waals surface area contributed by atoms with E-state index >= 15 is 0 Å². The third-order valence-corrected chi connectivity index (χ3v) is 4.55. The summed E-state index contributed by atoms with van der Waals surface area (Å²) >= 11 is 0. The fraction of sp³-hybridized carbons (Fsp3) is 0.500. The molecule has 0 saturated heterocycles. The van der Waals surface area contributed by atoms with Gasteiger partial charge in [-0.05, 0) is 59.1 Å². The van der Waals surface area contributed by atoms with Gasteiger partial charge < -0.3 is 0 Å². The smallest absolute Gasteiger partial charge is 0.260 e. The number of unbranched alkanes of at least 4 members (excludes halogenated alkanes) is 1. The van der Waals surface area contributed by atoms with Crippen LogP contribution in [0.5, 0.6) is 0 Å². The average molecular weight is 296 g/mol. The minimum Gasteiger partial charge on any atom is -0.260 e. The molecule has 1 aromatic rings. The van der Waals surface area contributed by atoms with E-state index in [1.54, 1.807) is 24.3 Å². The largest absolute Gasteiger partial charge is 0.297 e. The standard InChI is InChI=1S/C16H24O3S/c1-5-6-7-8-13-16(3,4)19-20(17,18)15-11-9-14(2)10-12-15/h5-6,9-12H,7-8,13H2,1-4H3/b6-5+. The summed E-state index contributed by atoms with van der Waals surface area (Å²) in [7, 11) is -3.70. The highest BCUT2D eigenvalue weighted by Crippen LogP contribution is 2.25. The molecule has 20 heavy (non-hydrogen) atoms. The van der Waals surface area contributed by atoms with E-state index < -0.39 is 15.7 Å². The Morgan fingerprint density at radius 3 is 2.35 bits per heavy atom. The van der Waals surface area contributed by atoms with E-state index in [4.69, 9.17) is 4.18 Å². The summed E-state index contributed by atoms with van der Waals surface area (Å²) in [5.74, 6) is 0. The summed E-state index contributed by atoms with van der Waals surface area (Å²) in [5, 5.41) is 0. The van der Waals surface area contributed by atoms with E-state index in [-0.39, 0.29) is 4.90 Å². The van der Waals surface area contributed by atoms with Crippen LogP contribution in [0.2, 0.25) is 0 Å². The van der Waals surface area contributed by atoms with Gasteiger partial charge in [0.2, 0.25) is 0 Å². The Morgan fingerprint density at radius 1 is 1.20 bits per heavy atom. The molecule has 0 spiro atoms. The van der Waals surface area contributed by atoms with E-state index in [9.17, 15) is 8.42 Å². The average Bonchev–Trinajstić information content (AvgIpc) is 2.34. The van der Waals surface area contributed by atoms with Crippen LogP contribution in [-0.4, -0.2) is 14.0 Å². The van der Waals surface area contributed by atoms with Crippen LogP contribution < -0.4 is 0 Å². The lowest BCUT2D eigenvalue weighted by atomic mass is 10.0. The van der Waals surface area contributed by atoms with Crippen molar-refractivity contribution >= 4 is 10.1 Å². The normalized spacial score (nSPS) is 13.0. The molecule has 0 aliphatic rings. The molecule has 0 amide bonds. The third-order valence-electron chi connectivity index (χ3n) is 3.03. The monoisotopic (exact) mass is 296 g/mol. The first kappa shape index (κ1) is 16.9. The van der Waals surface area contributed by atoms with Gasteiger partial charge in [0.15, 0.2) is 0 Å². The Hall–Kier alpha value is -1.13. The van der Waals surface area contributed by atoms with Gasteiger partial charge in [0.25, 0.3) is 10.1 Å². The highest BCUT2D eigenvalue weighted by molar-refractivity contribution is 7.86. The zero-order valence-corrected chi connectivity index (χ0v) is 13.5. The number of rotatable bonds is 7. The summed E-state index contributed by atoms with van der Waals surface area (Å²) < 4.78 is 29.8. The predicted octanol–water partition coefficient (Wildman–Crippen LogP) is 4.23. The highest BCUT2D eigenvalue weighted by atomic mass is 32.2. The minimum atomic E-state index is -3.70. The molecule has 0 atom stereocenters. The summed E-state index contributed by atoms with van der Waals surface area (Å²) in [4.78, 5) is 0.213. The van der Waals surface area contributed by atoms with Gasteiger partial charge in [-0.2, -0.15) is 8.42 Å². The molecule has 1 rings (SSSR count). The van der Waals surface area contributed by atoms with Crippen LogP contribution in [0.15, 0.2) is 41.3 Å². The summed E-state index contributed by atoms with van der Waals surface area (Å²) in [6.45, 7) is 7.52. The number of hydrogen-bond donors (Lipinski definition) is 0. The summed E-state index contributed by atoms with van der Waals surface area (Å²) in [5.41, 5.74) is 0.334. The van der Waals surface area contributed by atoms with Crippen LogP contribution in [0.3, 0.4) is 0 Å². The van der Waals surface area contributed by atoms with Crippen LogP contribution in [0.4, 0.5) is 0 Å². The lowest BCUT2D eigenvalue weighted by Crippen LogP contribution is -2.28. The number of allylic oxidation sites excluding steroid dienone is 2. The Labute approximate surface area is 122 Å². The molecule has 0 aliphatic heterocycles. The van der Waals surface area contributed by atoms with Gasteiger partial charge in [-0.1, -0.05) is 29.8 Å². The molecule has 0 aliphatic carbocycles. The zero-order valence-electron chi connectivity index (χ0n) is 12.7. The second kappa shape index (κ2) is 7.04. The first-order chi connectivity index (χ1) is 9.27. The fourth-order valence-electron chi connectivity index (χ4n) is 1.90. The van der Waals surface area contributed by atoms with Gasteiger partial charge in [-0.25, -0.2) is 0 Å². The lowest BCUT2D eigenvalue weighted by molar-refractivity contribution is 0.106. The molecule has 0 radical (unpaired) electrons. The second-order valence-corrected chi connectivity index (χ2v) is 7.12. The zero-order chi connectivity index (χ0) is 15.2. The molecule has 0 bridgehead atoms. The quantitative estimate of drug-likeness (QED) is 0.430. The van der Waals surface area contributed by atoms with Gasteiger partial charge in [0.1, 0.15) is 0 Å². The van der Waals surface area contributed by atoms with Crippen LogP contribution in [-0.2, 0) is 14.3 Å². The Kier molecular flexibility index (Phi) is 5.96. The molecule has 0 saturated carbocycles. The van der Waals surface area contributed by atoms with Crippen molar-refractivity contribution in [3.63, 3.8) is 0 Å². The van der Waals surface area contributed by atoms with E-state index in [0.29, 0.717) is 6.42 Å². The van der Waals surface area contributed by atoms with Crippen molar-refractivity contribution in [2.24, 2.45) is 0 Å². The number of benzene rings is 1. The van der Waals surface area contributed by atoms with Crippen molar-refractivity contribution in [2.75, 3.05) is 0 Å². The molecular weight excluding hydrogens is 272 g/mol. The number of aryl methyl sites for hydroxylation is 1. The first-order valence-electron chi connectivity index (χ1n) is 6.90. The maximum absolute atomic E-state index is 12.2. The molecular formula is C16H24O3S. The fourth-order valence-corrected chi connectivity index (χ4v) is 3.15. The predicted molar refractivity (Wildman–Crippen MR) is 82.2 cm³/mol. The number of hydrogen-bond acceptors (Lipinski definition) is 3. The molecule has 0 fully saturated rings. The topological polar surface area (TPSA) is 43.4 Å². The molecule has 0 unspecified atom stereocenters. The molecule has 0 aromatic heterocycles. The van der Waals surface area contributed by atoms with E-state index in [1.165, 1.54) is 0 Å². The van der Waals surface area contributed by atoms with E-state index in [2.05, 4.69) is 6.08 Å². The van der Waals surface area contributed by atoms with Crippen LogP contribution in [0.1, 0.15) is 45.6 Å². The van der Waals surface area contributed by atoms with Gasteiger partial charge in [0, 0.05) is 0 Å². The molecule has 4 heteroatoms. The van der Waals surface area contributed by atoms with Crippen LogP contribution in [0.25, 0.3) is 0 Å². The second-order valence-electron chi connectivity index (χ2n) is 5.57. The van der Waals surface area contributed by atoms with Crippen molar-refractivity contribution in [3.8, 4) is 0 Å². The maximum Gasteiger partial charge on any atom is 0.297 e.